The lowest BCUT2D eigenvalue weighted by atomic mass is 10.1. The molecule has 0 saturated heterocycles. The van der Waals surface area contributed by atoms with Crippen molar-refractivity contribution in [2.75, 3.05) is 10.6 Å². The summed E-state index contributed by atoms with van der Waals surface area (Å²) in [5.74, 6) is 0.0570. The summed E-state index contributed by atoms with van der Waals surface area (Å²) >= 11 is 3.40. The Morgan fingerprint density at radius 2 is 1.74 bits per heavy atom. The second kappa shape index (κ2) is 6.54. The van der Waals surface area contributed by atoms with Crippen LogP contribution in [0, 0.1) is 12.8 Å². The highest BCUT2D eigenvalue weighted by molar-refractivity contribution is 9.10. The number of nitrogens with one attached hydrogen (secondary N) is 2. The van der Waals surface area contributed by atoms with Crippen LogP contribution in [0.15, 0.2) is 46.9 Å². The summed E-state index contributed by atoms with van der Waals surface area (Å²) in [5.41, 5.74) is 3.04. The quantitative estimate of drug-likeness (QED) is 0.837. The molecular formula is C18H17BrN2O2. The van der Waals surface area contributed by atoms with Crippen LogP contribution in [0.5, 0.6) is 0 Å². The molecule has 118 valence electrons. The van der Waals surface area contributed by atoms with Crippen LogP contribution in [-0.2, 0) is 4.79 Å². The smallest absolute Gasteiger partial charge is 0.255 e. The van der Waals surface area contributed by atoms with Gasteiger partial charge in [0, 0.05) is 27.3 Å². The molecule has 5 heteroatoms. The van der Waals surface area contributed by atoms with Gasteiger partial charge in [0.25, 0.3) is 5.91 Å². The monoisotopic (exact) mass is 372 g/mol. The lowest BCUT2D eigenvalue weighted by molar-refractivity contribution is -0.117. The van der Waals surface area contributed by atoms with Gasteiger partial charge in [-0.1, -0.05) is 15.9 Å². The summed E-state index contributed by atoms with van der Waals surface area (Å²) in [4.78, 5) is 24.0. The molecule has 2 aromatic rings. The molecule has 2 amide bonds. The van der Waals surface area contributed by atoms with Crippen molar-refractivity contribution in [3.63, 3.8) is 0 Å². The zero-order valence-corrected chi connectivity index (χ0v) is 14.3. The molecule has 1 saturated carbocycles. The molecule has 1 aliphatic rings. The van der Waals surface area contributed by atoms with Gasteiger partial charge in [0.15, 0.2) is 0 Å². The van der Waals surface area contributed by atoms with Gasteiger partial charge in [0.05, 0.1) is 0 Å². The fraction of sp³-hybridized carbons (Fsp3) is 0.222. The lowest BCUT2D eigenvalue weighted by Gasteiger charge is -2.09. The molecule has 2 N–H and O–H groups in total. The normalized spacial score (nSPS) is 13.5. The Morgan fingerprint density at radius 1 is 1.04 bits per heavy atom. The Bertz CT molecular complexity index is 752. The number of hydrogen-bond acceptors (Lipinski definition) is 2. The van der Waals surface area contributed by atoms with Gasteiger partial charge in [-0.2, -0.15) is 0 Å². The molecule has 1 fully saturated rings. The van der Waals surface area contributed by atoms with E-state index >= 15 is 0 Å². The van der Waals surface area contributed by atoms with Gasteiger partial charge in [0.2, 0.25) is 5.91 Å². The van der Waals surface area contributed by atoms with Gasteiger partial charge in [0.1, 0.15) is 0 Å². The highest BCUT2D eigenvalue weighted by atomic mass is 79.9. The maximum atomic E-state index is 12.3. The number of carbonyl (C=O) groups is 2. The number of amides is 2. The SMILES string of the molecule is Cc1cc(Br)ccc1NC(=O)c1ccc(NC(=O)C2CC2)cc1. The topological polar surface area (TPSA) is 58.2 Å². The van der Waals surface area contributed by atoms with E-state index < -0.39 is 0 Å². The van der Waals surface area contributed by atoms with E-state index in [1.165, 1.54) is 0 Å². The van der Waals surface area contributed by atoms with E-state index in [2.05, 4.69) is 26.6 Å². The summed E-state index contributed by atoms with van der Waals surface area (Å²) in [6.45, 7) is 1.94. The molecule has 3 rings (SSSR count). The summed E-state index contributed by atoms with van der Waals surface area (Å²) in [6, 6.07) is 12.6. The average Bonchev–Trinajstić information content (AvgIpc) is 3.35. The maximum absolute atomic E-state index is 12.3. The van der Waals surface area contributed by atoms with Gasteiger partial charge in [-0.3, -0.25) is 9.59 Å². The van der Waals surface area contributed by atoms with E-state index in [1.54, 1.807) is 24.3 Å². The molecule has 23 heavy (non-hydrogen) atoms. The minimum Gasteiger partial charge on any atom is -0.326 e. The number of rotatable bonds is 4. The average molecular weight is 373 g/mol. The number of anilines is 2. The van der Waals surface area contributed by atoms with Crippen molar-refractivity contribution in [2.45, 2.75) is 19.8 Å². The summed E-state index contributed by atoms with van der Waals surface area (Å²) in [6.07, 6.45) is 1.94. The molecule has 0 aromatic heterocycles. The van der Waals surface area contributed by atoms with Gasteiger partial charge < -0.3 is 10.6 Å². The molecule has 4 nitrogen and oxygen atoms in total. The molecule has 0 radical (unpaired) electrons. The number of aryl methyl sites for hydroxylation is 1. The fourth-order valence-electron chi connectivity index (χ4n) is 2.26. The molecular weight excluding hydrogens is 356 g/mol. The molecule has 0 spiro atoms. The molecule has 0 heterocycles. The van der Waals surface area contributed by atoms with Gasteiger partial charge in [-0.15, -0.1) is 0 Å². The Hall–Kier alpha value is -2.14. The van der Waals surface area contributed by atoms with E-state index in [-0.39, 0.29) is 17.7 Å². The molecule has 1 aliphatic carbocycles. The Morgan fingerprint density at radius 3 is 2.35 bits per heavy atom. The first kappa shape index (κ1) is 15.7. The highest BCUT2D eigenvalue weighted by Crippen LogP contribution is 2.30. The first-order valence-corrected chi connectivity index (χ1v) is 8.30. The van der Waals surface area contributed by atoms with E-state index in [0.29, 0.717) is 5.56 Å². The third kappa shape index (κ3) is 3.99. The number of benzene rings is 2. The van der Waals surface area contributed by atoms with Crippen LogP contribution in [0.1, 0.15) is 28.8 Å². The van der Waals surface area contributed by atoms with Crippen LogP contribution in [0.3, 0.4) is 0 Å². The predicted octanol–water partition coefficient (Wildman–Crippen LogP) is 4.36. The molecule has 2 aromatic carbocycles. The van der Waals surface area contributed by atoms with Crippen LogP contribution in [0.4, 0.5) is 11.4 Å². The summed E-state index contributed by atoms with van der Waals surface area (Å²) < 4.78 is 0.976. The third-order valence-corrected chi connectivity index (χ3v) is 4.29. The lowest BCUT2D eigenvalue weighted by Crippen LogP contribution is -2.14. The van der Waals surface area contributed by atoms with E-state index in [9.17, 15) is 9.59 Å². The number of carbonyl (C=O) groups excluding carboxylic acids is 2. The van der Waals surface area contributed by atoms with Crippen LogP contribution in [-0.4, -0.2) is 11.8 Å². The Kier molecular flexibility index (Phi) is 4.48. The Balaban J connectivity index is 1.66. The fourth-order valence-corrected chi connectivity index (χ4v) is 2.73. The first-order chi connectivity index (χ1) is 11.0. The van der Waals surface area contributed by atoms with Crippen molar-refractivity contribution in [3.8, 4) is 0 Å². The summed E-state index contributed by atoms with van der Waals surface area (Å²) in [7, 11) is 0. The number of hydrogen-bond donors (Lipinski definition) is 2. The van der Waals surface area contributed by atoms with Crippen molar-refractivity contribution in [3.05, 3.63) is 58.1 Å². The number of halogens is 1. The van der Waals surface area contributed by atoms with E-state index in [0.717, 1.165) is 34.3 Å². The third-order valence-electron chi connectivity index (χ3n) is 3.80. The van der Waals surface area contributed by atoms with E-state index in [1.807, 2.05) is 25.1 Å². The largest absolute Gasteiger partial charge is 0.326 e. The predicted molar refractivity (Wildman–Crippen MR) is 94.6 cm³/mol. The van der Waals surface area contributed by atoms with Crippen LogP contribution < -0.4 is 10.6 Å². The highest BCUT2D eigenvalue weighted by Gasteiger charge is 2.29. The van der Waals surface area contributed by atoms with Gasteiger partial charge in [-0.05, 0) is 67.8 Å². The zero-order valence-electron chi connectivity index (χ0n) is 12.7. The standard InChI is InChI=1S/C18H17BrN2O2/c1-11-10-14(19)6-9-16(11)21-18(23)13-4-7-15(8-5-13)20-17(22)12-2-3-12/h4-10,12H,2-3H2,1H3,(H,20,22)(H,21,23). The van der Waals surface area contributed by atoms with Crippen molar-refractivity contribution in [1.82, 2.24) is 0 Å². The molecule has 0 unspecified atom stereocenters. The van der Waals surface area contributed by atoms with Gasteiger partial charge >= 0.3 is 0 Å². The maximum Gasteiger partial charge on any atom is 0.255 e. The Labute approximate surface area is 143 Å². The van der Waals surface area contributed by atoms with Crippen molar-refractivity contribution in [2.24, 2.45) is 5.92 Å². The van der Waals surface area contributed by atoms with Crippen molar-refractivity contribution >= 4 is 39.1 Å². The summed E-state index contributed by atoms with van der Waals surface area (Å²) in [5, 5.41) is 5.75. The van der Waals surface area contributed by atoms with Gasteiger partial charge in [-0.25, -0.2) is 0 Å². The first-order valence-electron chi connectivity index (χ1n) is 7.51. The van der Waals surface area contributed by atoms with Crippen LogP contribution >= 0.6 is 15.9 Å². The zero-order chi connectivity index (χ0) is 16.4. The van der Waals surface area contributed by atoms with Crippen molar-refractivity contribution < 1.29 is 9.59 Å². The van der Waals surface area contributed by atoms with Crippen LogP contribution in [0.25, 0.3) is 0 Å². The molecule has 0 aliphatic heterocycles. The second-order valence-electron chi connectivity index (χ2n) is 5.75. The second-order valence-corrected chi connectivity index (χ2v) is 6.67. The van der Waals surface area contributed by atoms with E-state index in [4.69, 9.17) is 0 Å². The van der Waals surface area contributed by atoms with Crippen LogP contribution in [0.2, 0.25) is 0 Å². The van der Waals surface area contributed by atoms with Crippen molar-refractivity contribution in [1.29, 1.82) is 0 Å². The minimum atomic E-state index is -0.171. The molecule has 0 bridgehead atoms. The minimum absolute atomic E-state index is 0.0627. The molecule has 0 atom stereocenters.